The highest BCUT2D eigenvalue weighted by molar-refractivity contribution is 5.76. The molecule has 112 valence electrons. The highest BCUT2D eigenvalue weighted by Crippen LogP contribution is 2.14. The van der Waals surface area contributed by atoms with Crippen LogP contribution in [0.15, 0.2) is 24.3 Å². The Morgan fingerprint density at radius 2 is 1.95 bits per heavy atom. The van der Waals surface area contributed by atoms with E-state index in [1.807, 2.05) is 24.3 Å². The highest BCUT2D eigenvalue weighted by atomic mass is 16.5. The van der Waals surface area contributed by atoms with Gasteiger partial charge < -0.3 is 15.8 Å². The van der Waals surface area contributed by atoms with Gasteiger partial charge in [0.2, 0.25) is 5.91 Å². The van der Waals surface area contributed by atoms with Crippen LogP contribution in [0.4, 0.5) is 0 Å². The third-order valence-electron chi connectivity index (χ3n) is 3.26. The quantitative estimate of drug-likeness (QED) is 0.767. The number of carbonyl (C=O) groups excluding carboxylic acids is 1. The van der Waals surface area contributed by atoms with E-state index in [9.17, 15) is 4.79 Å². The summed E-state index contributed by atoms with van der Waals surface area (Å²) in [5.74, 6) is 1.72. The summed E-state index contributed by atoms with van der Waals surface area (Å²) < 4.78 is 5.10. The van der Waals surface area contributed by atoms with E-state index in [1.165, 1.54) is 0 Å². The van der Waals surface area contributed by atoms with Crippen molar-refractivity contribution in [2.45, 2.75) is 33.2 Å². The van der Waals surface area contributed by atoms with Gasteiger partial charge in [0.1, 0.15) is 5.75 Å². The van der Waals surface area contributed by atoms with E-state index in [4.69, 9.17) is 10.5 Å². The van der Waals surface area contributed by atoms with Crippen molar-refractivity contribution in [3.8, 4) is 5.75 Å². The smallest absolute Gasteiger partial charge is 0.220 e. The van der Waals surface area contributed by atoms with Crippen molar-refractivity contribution in [1.82, 2.24) is 5.32 Å². The van der Waals surface area contributed by atoms with Crippen LogP contribution in [-0.4, -0.2) is 19.6 Å². The van der Waals surface area contributed by atoms with Gasteiger partial charge in [-0.2, -0.15) is 0 Å². The van der Waals surface area contributed by atoms with E-state index >= 15 is 0 Å². The van der Waals surface area contributed by atoms with Crippen LogP contribution in [0.25, 0.3) is 0 Å². The van der Waals surface area contributed by atoms with Gasteiger partial charge in [-0.3, -0.25) is 4.79 Å². The van der Waals surface area contributed by atoms with Crippen molar-refractivity contribution < 1.29 is 9.53 Å². The molecule has 0 saturated carbocycles. The molecule has 0 saturated heterocycles. The van der Waals surface area contributed by atoms with Gasteiger partial charge in [-0.25, -0.2) is 0 Å². The van der Waals surface area contributed by atoms with Crippen LogP contribution in [0.1, 0.15) is 32.3 Å². The van der Waals surface area contributed by atoms with Crippen molar-refractivity contribution in [3.63, 3.8) is 0 Å². The summed E-state index contributed by atoms with van der Waals surface area (Å²) in [5.41, 5.74) is 6.78. The largest absolute Gasteiger partial charge is 0.497 e. The molecule has 0 aliphatic carbocycles. The van der Waals surface area contributed by atoms with Crippen LogP contribution in [-0.2, 0) is 11.3 Å². The fraction of sp³-hybridized carbons (Fsp3) is 0.562. The molecule has 0 aliphatic rings. The first-order valence-electron chi connectivity index (χ1n) is 7.14. The molecule has 0 aromatic heterocycles. The van der Waals surface area contributed by atoms with Gasteiger partial charge in [-0.05, 0) is 42.5 Å². The maximum Gasteiger partial charge on any atom is 0.220 e. The van der Waals surface area contributed by atoms with Crippen molar-refractivity contribution in [2.24, 2.45) is 17.6 Å². The Balaban J connectivity index is 2.37. The summed E-state index contributed by atoms with van der Waals surface area (Å²) in [6.07, 6.45) is 1.50. The molecule has 1 aromatic rings. The van der Waals surface area contributed by atoms with E-state index in [0.717, 1.165) is 17.7 Å². The van der Waals surface area contributed by atoms with Crippen molar-refractivity contribution in [1.29, 1.82) is 0 Å². The molecule has 1 amide bonds. The molecule has 3 N–H and O–H groups in total. The summed E-state index contributed by atoms with van der Waals surface area (Å²) in [4.78, 5) is 11.9. The first-order valence-corrected chi connectivity index (χ1v) is 7.14. The molecular weight excluding hydrogens is 252 g/mol. The van der Waals surface area contributed by atoms with E-state index in [0.29, 0.717) is 25.4 Å². The van der Waals surface area contributed by atoms with Crippen LogP contribution >= 0.6 is 0 Å². The number of hydrogen-bond donors (Lipinski definition) is 2. The Labute approximate surface area is 121 Å². The summed E-state index contributed by atoms with van der Waals surface area (Å²) >= 11 is 0. The van der Waals surface area contributed by atoms with E-state index in [2.05, 4.69) is 19.2 Å². The molecule has 0 fully saturated rings. The molecule has 1 atom stereocenters. The molecular formula is C16H26N2O2. The van der Waals surface area contributed by atoms with Crippen LogP contribution < -0.4 is 15.8 Å². The first-order chi connectivity index (χ1) is 9.55. The zero-order valence-electron chi connectivity index (χ0n) is 12.7. The van der Waals surface area contributed by atoms with E-state index in [1.54, 1.807) is 7.11 Å². The van der Waals surface area contributed by atoms with Crippen LogP contribution in [0.3, 0.4) is 0 Å². The van der Waals surface area contributed by atoms with Crippen LogP contribution in [0.5, 0.6) is 5.75 Å². The molecule has 1 rings (SSSR count). The lowest BCUT2D eigenvalue weighted by molar-refractivity contribution is -0.122. The number of rotatable bonds is 8. The number of carbonyl (C=O) groups is 1. The first kappa shape index (κ1) is 16.5. The molecule has 0 aliphatic heterocycles. The van der Waals surface area contributed by atoms with Crippen LogP contribution in [0.2, 0.25) is 0 Å². The molecule has 4 heteroatoms. The highest BCUT2D eigenvalue weighted by Gasteiger charge is 2.13. The zero-order chi connectivity index (χ0) is 15.0. The number of nitrogens with two attached hydrogens (primary N) is 1. The minimum atomic E-state index is 0.0666. The van der Waals surface area contributed by atoms with E-state index < -0.39 is 0 Å². The SMILES string of the molecule is COc1ccc(CNC(=O)C[C@@H](CN)CC(C)C)cc1. The van der Waals surface area contributed by atoms with Gasteiger partial charge in [-0.1, -0.05) is 26.0 Å². The van der Waals surface area contributed by atoms with Crippen LogP contribution in [0, 0.1) is 11.8 Å². The Hall–Kier alpha value is -1.55. The van der Waals surface area contributed by atoms with Crippen molar-refractivity contribution in [3.05, 3.63) is 29.8 Å². The second-order valence-electron chi connectivity index (χ2n) is 5.56. The third-order valence-corrected chi connectivity index (χ3v) is 3.26. The minimum Gasteiger partial charge on any atom is -0.497 e. The fourth-order valence-electron chi connectivity index (χ4n) is 2.21. The number of benzene rings is 1. The molecule has 20 heavy (non-hydrogen) atoms. The van der Waals surface area contributed by atoms with Crippen molar-refractivity contribution >= 4 is 5.91 Å². The molecule has 0 radical (unpaired) electrons. The number of amides is 1. The Bertz CT molecular complexity index is 401. The average Bonchev–Trinajstić information content (AvgIpc) is 2.44. The maximum absolute atomic E-state index is 11.9. The predicted octanol–water partition coefficient (Wildman–Crippen LogP) is 2.32. The lowest BCUT2D eigenvalue weighted by Gasteiger charge is -2.16. The zero-order valence-corrected chi connectivity index (χ0v) is 12.7. The summed E-state index contributed by atoms with van der Waals surface area (Å²) in [7, 11) is 1.64. The topological polar surface area (TPSA) is 64.3 Å². The fourth-order valence-corrected chi connectivity index (χ4v) is 2.21. The molecule has 0 spiro atoms. The number of hydrogen-bond acceptors (Lipinski definition) is 3. The summed E-state index contributed by atoms with van der Waals surface area (Å²) in [6, 6.07) is 7.69. The second kappa shape index (κ2) is 8.59. The van der Waals surface area contributed by atoms with Gasteiger partial charge in [0.15, 0.2) is 0 Å². The molecule has 0 bridgehead atoms. The van der Waals surface area contributed by atoms with Gasteiger partial charge in [0, 0.05) is 13.0 Å². The minimum absolute atomic E-state index is 0.0666. The molecule has 1 aromatic carbocycles. The van der Waals surface area contributed by atoms with E-state index in [-0.39, 0.29) is 11.8 Å². The Morgan fingerprint density at radius 3 is 2.45 bits per heavy atom. The summed E-state index contributed by atoms with van der Waals surface area (Å²) in [5, 5.41) is 2.94. The lowest BCUT2D eigenvalue weighted by Crippen LogP contribution is -2.28. The molecule has 0 heterocycles. The number of nitrogens with one attached hydrogen (secondary N) is 1. The molecule has 0 unspecified atom stereocenters. The van der Waals surface area contributed by atoms with Gasteiger partial charge >= 0.3 is 0 Å². The normalized spacial score (nSPS) is 12.2. The number of ether oxygens (including phenoxy) is 1. The molecule has 4 nitrogen and oxygen atoms in total. The Morgan fingerprint density at radius 1 is 1.30 bits per heavy atom. The average molecular weight is 278 g/mol. The van der Waals surface area contributed by atoms with Crippen molar-refractivity contribution in [2.75, 3.05) is 13.7 Å². The Kier molecular flexibility index (Phi) is 7.09. The maximum atomic E-state index is 11.9. The lowest BCUT2D eigenvalue weighted by atomic mass is 9.94. The van der Waals surface area contributed by atoms with Gasteiger partial charge in [-0.15, -0.1) is 0 Å². The summed E-state index contributed by atoms with van der Waals surface area (Å²) in [6.45, 7) is 5.41. The number of methoxy groups -OCH3 is 1. The third kappa shape index (κ3) is 6.06. The van der Waals surface area contributed by atoms with Gasteiger partial charge in [0.25, 0.3) is 0 Å². The predicted molar refractivity (Wildman–Crippen MR) is 81.5 cm³/mol. The second-order valence-corrected chi connectivity index (χ2v) is 5.56. The standard InChI is InChI=1S/C16H26N2O2/c1-12(2)8-14(10-17)9-16(19)18-11-13-4-6-15(20-3)7-5-13/h4-7,12,14H,8-11,17H2,1-3H3,(H,18,19)/t14-/m0/s1. The monoisotopic (exact) mass is 278 g/mol. The van der Waals surface area contributed by atoms with Gasteiger partial charge in [0.05, 0.1) is 7.11 Å².